The second kappa shape index (κ2) is 5.56. The van der Waals surface area contributed by atoms with Gasteiger partial charge in [-0.3, -0.25) is 0 Å². The van der Waals surface area contributed by atoms with Crippen LogP contribution in [0.1, 0.15) is 34.1 Å². The topological polar surface area (TPSA) is 32.3 Å². The van der Waals surface area contributed by atoms with Crippen LogP contribution in [0, 0.1) is 5.92 Å². The molecule has 2 heteroatoms. The molecule has 0 rings (SSSR count). The molecule has 0 unspecified atom stereocenters. The lowest BCUT2D eigenvalue weighted by Crippen LogP contribution is -2.37. The maximum atomic E-state index is 8.76. The molecule has 68 valence electrons. The minimum Gasteiger partial charge on any atom is -0.395 e. The summed E-state index contributed by atoms with van der Waals surface area (Å²) in [5.74, 6) is 0.725. The highest BCUT2D eigenvalue weighted by Gasteiger charge is 2.07. The van der Waals surface area contributed by atoms with E-state index in [0.29, 0.717) is 6.04 Å². The Balaban J connectivity index is 3.43. The summed E-state index contributed by atoms with van der Waals surface area (Å²) in [5.41, 5.74) is 0. The minimum absolute atomic E-state index is 0.225. The summed E-state index contributed by atoms with van der Waals surface area (Å²) in [4.78, 5) is 0. The fourth-order valence-corrected chi connectivity index (χ4v) is 1.31. The summed E-state index contributed by atoms with van der Waals surface area (Å²) >= 11 is 0. The van der Waals surface area contributed by atoms with Gasteiger partial charge in [-0.25, -0.2) is 0 Å². The normalized spacial score (nSPS) is 16.9. The number of rotatable bonds is 5. The predicted molar refractivity (Wildman–Crippen MR) is 48.6 cm³/mol. The second-order valence-corrected chi connectivity index (χ2v) is 3.78. The number of aliphatic hydroxyl groups is 1. The smallest absolute Gasteiger partial charge is 0.0582 e. The van der Waals surface area contributed by atoms with Crippen LogP contribution in [0.15, 0.2) is 0 Å². The number of aliphatic hydroxyl groups excluding tert-OH is 1. The van der Waals surface area contributed by atoms with Gasteiger partial charge < -0.3 is 10.4 Å². The van der Waals surface area contributed by atoms with Gasteiger partial charge in [0.2, 0.25) is 0 Å². The fraction of sp³-hybridized carbons (Fsp3) is 1.00. The third kappa shape index (κ3) is 6.32. The molecule has 0 aromatic carbocycles. The molecule has 0 bridgehead atoms. The van der Waals surface area contributed by atoms with Crippen LogP contribution < -0.4 is 5.32 Å². The molecule has 2 nitrogen and oxygen atoms in total. The zero-order valence-electron chi connectivity index (χ0n) is 8.09. The second-order valence-electron chi connectivity index (χ2n) is 3.78. The first-order valence-electron chi connectivity index (χ1n) is 4.43. The molecule has 2 atom stereocenters. The molecule has 0 saturated carbocycles. The van der Waals surface area contributed by atoms with Gasteiger partial charge in [-0.1, -0.05) is 13.8 Å². The van der Waals surface area contributed by atoms with Crippen LogP contribution in [-0.4, -0.2) is 23.8 Å². The third-order valence-corrected chi connectivity index (χ3v) is 1.67. The summed E-state index contributed by atoms with van der Waals surface area (Å²) in [6.45, 7) is 8.80. The van der Waals surface area contributed by atoms with E-state index in [0.717, 1.165) is 5.92 Å². The lowest BCUT2D eigenvalue weighted by atomic mass is 10.0. The maximum Gasteiger partial charge on any atom is 0.0582 e. The largest absolute Gasteiger partial charge is 0.395 e. The zero-order chi connectivity index (χ0) is 8.85. The molecular formula is C9H21NO. The molecule has 0 aliphatic carbocycles. The molecule has 0 radical (unpaired) electrons. The van der Waals surface area contributed by atoms with Crippen LogP contribution in [0.4, 0.5) is 0 Å². The monoisotopic (exact) mass is 159 g/mol. The molecule has 2 N–H and O–H groups in total. The molecule has 0 heterocycles. The standard InChI is InChI=1S/C9H21NO/c1-7(2)5-8(3)10-9(4)6-11/h7-11H,5-6H2,1-4H3/t8-,9+/m1/s1. The SMILES string of the molecule is CC(C)C[C@@H](C)N[C@@H](C)CO. The Kier molecular flexibility index (Phi) is 5.51. The van der Waals surface area contributed by atoms with Crippen molar-refractivity contribution in [1.29, 1.82) is 0 Å². The third-order valence-electron chi connectivity index (χ3n) is 1.67. The van der Waals surface area contributed by atoms with Gasteiger partial charge in [0.05, 0.1) is 6.61 Å². The first-order chi connectivity index (χ1) is 5.06. The van der Waals surface area contributed by atoms with Crippen LogP contribution in [0.25, 0.3) is 0 Å². The molecular weight excluding hydrogens is 138 g/mol. The van der Waals surface area contributed by atoms with E-state index in [4.69, 9.17) is 5.11 Å². The Morgan fingerprint density at radius 2 is 1.64 bits per heavy atom. The molecule has 0 aliphatic rings. The summed E-state index contributed by atoms with van der Waals surface area (Å²) in [6.07, 6.45) is 1.17. The van der Waals surface area contributed by atoms with Crippen LogP contribution in [-0.2, 0) is 0 Å². The quantitative estimate of drug-likeness (QED) is 0.635. The number of nitrogens with one attached hydrogen (secondary N) is 1. The molecule has 0 aromatic rings. The first kappa shape index (κ1) is 10.9. The Bertz CT molecular complexity index is 93.6. The number of hydrogen-bond donors (Lipinski definition) is 2. The Labute approximate surface area is 70.0 Å². The average molecular weight is 159 g/mol. The molecule has 0 fully saturated rings. The highest BCUT2D eigenvalue weighted by Crippen LogP contribution is 2.04. The van der Waals surface area contributed by atoms with Crippen molar-refractivity contribution in [3.63, 3.8) is 0 Å². The summed E-state index contributed by atoms with van der Waals surface area (Å²) < 4.78 is 0. The zero-order valence-corrected chi connectivity index (χ0v) is 8.09. The molecule has 11 heavy (non-hydrogen) atoms. The van der Waals surface area contributed by atoms with E-state index in [1.54, 1.807) is 0 Å². The Morgan fingerprint density at radius 1 is 1.09 bits per heavy atom. The van der Waals surface area contributed by atoms with Crippen LogP contribution in [0.5, 0.6) is 0 Å². The van der Waals surface area contributed by atoms with E-state index in [2.05, 4.69) is 26.1 Å². The molecule has 0 saturated heterocycles. The van der Waals surface area contributed by atoms with E-state index >= 15 is 0 Å². The van der Waals surface area contributed by atoms with E-state index in [-0.39, 0.29) is 12.6 Å². The predicted octanol–water partition coefficient (Wildman–Crippen LogP) is 1.39. The highest BCUT2D eigenvalue weighted by molar-refractivity contribution is 4.67. The van der Waals surface area contributed by atoms with Crippen molar-refractivity contribution in [3.8, 4) is 0 Å². The van der Waals surface area contributed by atoms with E-state index < -0.39 is 0 Å². The van der Waals surface area contributed by atoms with Crippen molar-refractivity contribution in [3.05, 3.63) is 0 Å². The molecule has 0 aliphatic heterocycles. The van der Waals surface area contributed by atoms with Crippen molar-refractivity contribution >= 4 is 0 Å². The van der Waals surface area contributed by atoms with Gasteiger partial charge in [-0.05, 0) is 26.2 Å². The van der Waals surface area contributed by atoms with E-state index in [1.165, 1.54) is 6.42 Å². The lowest BCUT2D eigenvalue weighted by molar-refractivity contribution is 0.237. The summed E-state index contributed by atoms with van der Waals surface area (Å²) in [6, 6.07) is 0.737. The summed E-state index contributed by atoms with van der Waals surface area (Å²) in [7, 11) is 0. The minimum atomic E-state index is 0.225. The molecule has 0 spiro atoms. The molecule has 0 aromatic heterocycles. The Morgan fingerprint density at radius 3 is 2.00 bits per heavy atom. The van der Waals surface area contributed by atoms with Crippen molar-refractivity contribution in [2.45, 2.75) is 46.2 Å². The Hall–Kier alpha value is -0.0800. The van der Waals surface area contributed by atoms with Gasteiger partial charge in [-0.15, -0.1) is 0 Å². The van der Waals surface area contributed by atoms with Gasteiger partial charge >= 0.3 is 0 Å². The van der Waals surface area contributed by atoms with Gasteiger partial charge in [0.1, 0.15) is 0 Å². The van der Waals surface area contributed by atoms with E-state index in [9.17, 15) is 0 Å². The van der Waals surface area contributed by atoms with E-state index in [1.807, 2.05) is 6.92 Å². The van der Waals surface area contributed by atoms with Gasteiger partial charge in [0, 0.05) is 12.1 Å². The fourth-order valence-electron chi connectivity index (χ4n) is 1.31. The van der Waals surface area contributed by atoms with Crippen molar-refractivity contribution in [2.24, 2.45) is 5.92 Å². The van der Waals surface area contributed by atoms with Crippen LogP contribution >= 0.6 is 0 Å². The maximum absolute atomic E-state index is 8.76. The van der Waals surface area contributed by atoms with Crippen LogP contribution in [0.2, 0.25) is 0 Å². The van der Waals surface area contributed by atoms with Gasteiger partial charge in [-0.2, -0.15) is 0 Å². The average Bonchev–Trinajstić information content (AvgIpc) is 1.85. The first-order valence-corrected chi connectivity index (χ1v) is 4.43. The number of hydrogen-bond acceptors (Lipinski definition) is 2. The van der Waals surface area contributed by atoms with Crippen molar-refractivity contribution in [1.82, 2.24) is 5.32 Å². The van der Waals surface area contributed by atoms with Gasteiger partial charge in [0.15, 0.2) is 0 Å². The van der Waals surface area contributed by atoms with Crippen LogP contribution in [0.3, 0.4) is 0 Å². The van der Waals surface area contributed by atoms with Crippen molar-refractivity contribution in [2.75, 3.05) is 6.61 Å². The van der Waals surface area contributed by atoms with Gasteiger partial charge in [0.25, 0.3) is 0 Å². The lowest BCUT2D eigenvalue weighted by Gasteiger charge is -2.19. The molecule has 0 amide bonds. The summed E-state index contributed by atoms with van der Waals surface area (Å²) in [5, 5.41) is 12.1. The highest BCUT2D eigenvalue weighted by atomic mass is 16.3. The van der Waals surface area contributed by atoms with Crippen molar-refractivity contribution < 1.29 is 5.11 Å².